The van der Waals surface area contributed by atoms with Gasteiger partial charge in [-0.2, -0.15) is 5.10 Å². The lowest BCUT2D eigenvalue weighted by molar-refractivity contribution is -0.117. The first-order valence-electron chi connectivity index (χ1n) is 6.08. The predicted octanol–water partition coefficient (Wildman–Crippen LogP) is 2.64. The van der Waals surface area contributed by atoms with Gasteiger partial charge in [0, 0.05) is 11.5 Å². The Kier molecular flexibility index (Phi) is 2.47. The lowest BCUT2D eigenvalue weighted by Crippen LogP contribution is -2.14. The highest BCUT2D eigenvalue weighted by Gasteiger charge is 2.30. The number of aromatic amines is 1. The van der Waals surface area contributed by atoms with E-state index in [4.69, 9.17) is 4.42 Å². The monoisotopic (exact) mass is 245 g/mol. The standard InChI is InChI=1S/C13H15N3O2/c1-7-3-6-10(18-7)11-8(2)12(16-15-11)14-13(17)9-4-5-9/h3,6,9H,4-5H2,1-2H3,(H2,14,15,16,17). The average molecular weight is 245 g/mol. The molecule has 1 aliphatic carbocycles. The largest absolute Gasteiger partial charge is 0.460 e. The molecule has 1 fully saturated rings. The van der Waals surface area contributed by atoms with Crippen LogP contribution in [0.1, 0.15) is 24.2 Å². The smallest absolute Gasteiger partial charge is 0.228 e. The Hall–Kier alpha value is -2.04. The van der Waals surface area contributed by atoms with E-state index in [-0.39, 0.29) is 11.8 Å². The molecule has 0 atom stereocenters. The van der Waals surface area contributed by atoms with E-state index in [1.165, 1.54) is 0 Å². The molecule has 0 radical (unpaired) electrons. The van der Waals surface area contributed by atoms with E-state index in [0.29, 0.717) is 5.82 Å². The second-order valence-corrected chi connectivity index (χ2v) is 4.75. The van der Waals surface area contributed by atoms with E-state index in [0.717, 1.165) is 35.6 Å². The minimum Gasteiger partial charge on any atom is -0.460 e. The Morgan fingerprint density at radius 3 is 2.83 bits per heavy atom. The SMILES string of the molecule is Cc1ccc(-c2[nH]nc(NC(=O)C3CC3)c2C)o1. The van der Waals surface area contributed by atoms with Crippen LogP contribution in [0.15, 0.2) is 16.5 Å². The first-order chi connectivity index (χ1) is 8.65. The summed E-state index contributed by atoms with van der Waals surface area (Å²) < 4.78 is 5.54. The van der Waals surface area contributed by atoms with Crippen molar-refractivity contribution in [3.63, 3.8) is 0 Å². The van der Waals surface area contributed by atoms with Crippen LogP contribution in [0, 0.1) is 19.8 Å². The molecule has 1 aliphatic rings. The molecule has 2 aromatic heterocycles. The topological polar surface area (TPSA) is 70.9 Å². The quantitative estimate of drug-likeness (QED) is 0.873. The predicted molar refractivity (Wildman–Crippen MR) is 67.1 cm³/mol. The summed E-state index contributed by atoms with van der Waals surface area (Å²) in [6, 6.07) is 3.79. The minimum absolute atomic E-state index is 0.0618. The third kappa shape index (κ3) is 1.92. The molecule has 0 unspecified atom stereocenters. The van der Waals surface area contributed by atoms with E-state index >= 15 is 0 Å². The normalized spacial score (nSPS) is 14.8. The van der Waals surface area contributed by atoms with Crippen molar-refractivity contribution in [3.05, 3.63) is 23.5 Å². The van der Waals surface area contributed by atoms with Gasteiger partial charge in [0.2, 0.25) is 5.91 Å². The molecule has 1 saturated carbocycles. The molecule has 94 valence electrons. The second kappa shape index (κ2) is 4.01. The number of nitrogens with zero attached hydrogens (tertiary/aromatic N) is 1. The molecule has 1 amide bonds. The summed E-state index contributed by atoms with van der Waals surface area (Å²) >= 11 is 0. The number of carbonyl (C=O) groups is 1. The number of aryl methyl sites for hydroxylation is 1. The van der Waals surface area contributed by atoms with Crippen LogP contribution in [0.3, 0.4) is 0 Å². The van der Waals surface area contributed by atoms with Crippen molar-refractivity contribution in [2.45, 2.75) is 26.7 Å². The molecule has 2 aromatic rings. The molecular weight excluding hydrogens is 230 g/mol. The van der Waals surface area contributed by atoms with Crippen LogP contribution in [-0.4, -0.2) is 16.1 Å². The third-order valence-corrected chi connectivity index (χ3v) is 3.19. The van der Waals surface area contributed by atoms with Crippen LogP contribution in [0.2, 0.25) is 0 Å². The summed E-state index contributed by atoms with van der Waals surface area (Å²) in [6.07, 6.45) is 1.97. The Labute approximate surface area is 105 Å². The van der Waals surface area contributed by atoms with Crippen molar-refractivity contribution in [1.29, 1.82) is 0 Å². The number of furan rings is 1. The van der Waals surface area contributed by atoms with Gasteiger partial charge < -0.3 is 9.73 Å². The Morgan fingerprint density at radius 1 is 1.44 bits per heavy atom. The fourth-order valence-electron chi connectivity index (χ4n) is 1.89. The van der Waals surface area contributed by atoms with Gasteiger partial charge in [-0.25, -0.2) is 0 Å². The average Bonchev–Trinajstić information content (AvgIpc) is 3.03. The lowest BCUT2D eigenvalue weighted by atomic mass is 10.2. The van der Waals surface area contributed by atoms with E-state index in [9.17, 15) is 4.79 Å². The zero-order valence-electron chi connectivity index (χ0n) is 10.4. The summed E-state index contributed by atoms with van der Waals surface area (Å²) in [6.45, 7) is 3.81. The maximum absolute atomic E-state index is 11.7. The molecule has 5 heteroatoms. The highest BCUT2D eigenvalue weighted by Crippen LogP contribution is 2.32. The minimum atomic E-state index is 0.0618. The summed E-state index contributed by atoms with van der Waals surface area (Å²) in [4.78, 5) is 11.7. The number of amides is 1. The van der Waals surface area contributed by atoms with E-state index < -0.39 is 0 Å². The first kappa shape index (κ1) is 11.1. The molecule has 5 nitrogen and oxygen atoms in total. The van der Waals surface area contributed by atoms with Gasteiger partial charge in [0.05, 0.1) is 0 Å². The van der Waals surface area contributed by atoms with Gasteiger partial charge in [-0.1, -0.05) is 0 Å². The fraction of sp³-hybridized carbons (Fsp3) is 0.385. The first-order valence-corrected chi connectivity index (χ1v) is 6.08. The summed E-state index contributed by atoms with van der Waals surface area (Å²) in [5.74, 6) is 2.42. The molecule has 0 aromatic carbocycles. The lowest BCUT2D eigenvalue weighted by Gasteiger charge is -2.01. The van der Waals surface area contributed by atoms with Crippen LogP contribution >= 0.6 is 0 Å². The van der Waals surface area contributed by atoms with E-state index in [2.05, 4.69) is 15.5 Å². The van der Waals surface area contributed by atoms with E-state index in [1.807, 2.05) is 26.0 Å². The zero-order chi connectivity index (χ0) is 12.7. The van der Waals surface area contributed by atoms with Gasteiger partial charge in [0.25, 0.3) is 0 Å². The fourth-order valence-corrected chi connectivity index (χ4v) is 1.89. The molecule has 18 heavy (non-hydrogen) atoms. The number of carbonyl (C=O) groups excluding carboxylic acids is 1. The van der Waals surface area contributed by atoms with Crippen molar-refractivity contribution in [3.8, 4) is 11.5 Å². The van der Waals surface area contributed by atoms with Crippen LogP contribution in [0.4, 0.5) is 5.82 Å². The van der Waals surface area contributed by atoms with Gasteiger partial charge in [-0.15, -0.1) is 0 Å². The number of hydrogen-bond donors (Lipinski definition) is 2. The highest BCUT2D eigenvalue weighted by atomic mass is 16.3. The molecular formula is C13H15N3O2. The van der Waals surface area contributed by atoms with Crippen molar-refractivity contribution in [2.24, 2.45) is 5.92 Å². The van der Waals surface area contributed by atoms with E-state index in [1.54, 1.807) is 0 Å². The van der Waals surface area contributed by atoms with Crippen molar-refractivity contribution in [1.82, 2.24) is 10.2 Å². The van der Waals surface area contributed by atoms with Crippen LogP contribution < -0.4 is 5.32 Å². The Bertz CT molecular complexity index is 593. The van der Waals surface area contributed by atoms with Gasteiger partial charge in [-0.3, -0.25) is 9.89 Å². The van der Waals surface area contributed by atoms with Crippen LogP contribution in [0.5, 0.6) is 0 Å². The number of hydrogen-bond acceptors (Lipinski definition) is 3. The maximum atomic E-state index is 11.7. The maximum Gasteiger partial charge on any atom is 0.228 e. The van der Waals surface area contributed by atoms with Gasteiger partial charge in [0.15, 0.2) is 11.6 Å². The second-order valence-electron chi connectivity index (χ2n) is 4.75. The molecule has 2 heterocycles. The van der Waals surface area contributed by atoms with Gasteiger partial charge in [0.1, 0.15) is 11.5 Å². The number of H-pyrrole nitrogens is 1. The van der Waals surface area contributed by atoms with Crippen molar-refractivity contribution in [2.75, 3.05) is 5.32 Å². The van der Waals surface area contributed by atoms with Crippen molar-refractivity contribution < 1.29 is 9.21 Å². The molecule has 0 bridgehead atoms. The molecule has 2 N–H and O–H groups in total. The molecule has 3 rings (SSSR count). The van der Waals surface area contributed by atoms with Crippen molar-refractivity contribution >= 4 is 11.7 Å². The molecule has 0 spiro atoms. The molecule has 0 saturated heterocycles. The zero-order valence-corrected chi connectivity index (χ0v) is 10.4. The summed E-state index contributed by atoms with van der Waals surface area (Å²) in [5, 5.41) is 9.89. The Morgan fingerprint density at radius 2 is 2.22 bits per heavy atom. The van der Waals surface area contributed by atoms with Gasteiger partial charge in [-0.05, 0) is 38.8 Å². The number of nitrogens with one attached hydrogen (secondary N) is 2. The number of aromatic nitrogens is 2. The Balaban J connectivity index is 1.85. The number of anilines is 1. The summed E-state index contributed by atoms with van der Waals surface area (Å²) in [5.41, 5.74) is 1.72. The third-order valence-electron chi connectivity index (χ3n) is 3.19. The van der Waals surface area contributed by atoms with Crippen LogP contribution in [0.25, 0.3) is 11.5 Å². The highest BCUT2D eigenvalue weighted by molar-refractivity contribution is 5.94. The summed E-state index contributed by atoms with van der Waals surface area (Å²) in [7, 11) is 0. The van der Waals surface area contributed by atoms with Gasteiger partial charge >= 0.3 is 0 Å². The van der Waals surface area contributed by atoms with Crippen LogP contribution in [-0.2, 0) is 4.79 Å². The molecule has 0 aliphatic heterocycles. The number of rotatable bonds is 3.